The zero-order valence-electron chi connectivity index (χ0n) is 12.5. The lowest BCUT2D eigenvalue weighted by Crippen LogP contribution is -2.28. The Balaban J connectivity index is 1.70. The molecule has 0 saturated heterocycles. The van der Waals surface area contributed by atoms with E-state index >= 15 is 0 Å². The number of rotatable bonds is 7. The monoisotopic (exact) mass is 337 g/mol. The van der Waals surface area contributed by atoms with E-state index in [1.54, 1.807) is 23.5 Å². The van der Waals surface area contributed by atoms with Crippen molar-refractivity contribution < 1.29 is 9.90 Å². The van der Waals surface area contributed by atoms with Gasteiger partial charge in [0.2, 0.25) is 5.91 Å². The minimum absolute atomic E-state index is 0.0422. The first-order valence-electron chi connectivity index (χ1n) is 7.31. The van der Waals surface area contributed by atoms with E-state index in [1.165, 1.54) is 9.75 Å². The quantitative estimate of drug-likeness (QED) is 0.805. The fourth-order valence-electron chi connectivity index (χ4n) is 2.20. The van der Waals surface area contributed by atoms with Crippen molar-refractivity contribution in [3.05, 3.63) is 56.7 Å². The zero-order chi connectivity index (χ0) is 15.9. The van der Waals surface area contributed by atoms with Gasteiger partial charge in [0.15, 0.2) is 0 Å². The summed E-state index contributed by atoms with van der Waals surface area (Å²) in [5.41, 5.74) is 0.638. The van der Waals surface area contributed by atoms with Crippen molar-refractivity contribution in [1.82, 2.24) is 5.32 Å². The Morgan fingerprint density at radius 3 is 2.77 bits per heavy atom. The van der Waals surface area contributed by atoms with Crippen LogP contribution in [0, 0.1) is 6.92 Å². The van der Waals surface area contributed by atoms with E-state index < -0.39 is 6.10 Å². The van der Waals surface area contributed by atoms with Gasteiger partial charge in [-0.05, 0) is 38.0 Å². The van der Waals surface area contributed by atoms with Crippen LogP contribution in [-0.2, 0) is 11.2 Å². The van der Waals surface area contributed by atoms with Crippen LogP contribution in [0.1, 0.15) is 34.3 Å². The second-order valence-electron chi connectivity index (χ2n) is 5.21. The molecule has 0 fully saturated rings. The number of hydrogen-bond donors (Lipinski definition) is 2. The maximum Gasteiger partial charge on any atom is 0.220 e. The molecule has 1 aromatic carbocycles. The fourth-order valence-corrected chi connectivity index (χ4v) is 3.39. The summed E-state index contributed by atoms with van der Waals surface area (Å²) in [6, 6.07) is 11.3. The molecule has 1 atom stereocenters. The molecule has 5 heteroatoms. The molecular formula is C17H20ClNO2S. The molecule has 0 radical (unpaired) electrons. The number of nitrogens with one attached hydrogen (secondary N) is 1. The Kier molecular flexibility index (Phi) is 6.43. The first-order chi connectivity index (χ1) is 10.6. The van der Waals surface area contributed by atoms with Crippen LogP contribution < -0.4 is 5.32 Å². The topological polar surface area (TPSA) is 49.3 Å². The minimum atomic E-state index is -0.780. The molecular weight excluding hydrogens is 318 g/mol. The number of hydrogen-bond acceptors (Lipinski definition) is 3. The number of aliphatic hydroxyl groups is 1. The molecule has 0 aliphatic carbocycles. The highest BCUT2D eigenvalue weighted by Crippen LogP contribution is 2.22. The lowest BCUT2D eigenvalue weighted by atomic mass is 10.1. The molecule has 3 nitrogen and oxygen atoms in total. The van der Waals surface area contributed by atoms with Gasteiger partial charge in [-0.3, -0.25) is 4.79 Å². The van der Waals surface area contributed by atoms with Crippen LogP contribution in [0.4, 0.5) is 0 Å². The summed E-state index contributed by atoms with van der Waals surface area (Å²) in [6.45, 7) is 2.26. The molecule has 1 amide bonds. The van der Waals surface area contributed by atoms with Gasteiger partial charge in [-0.1, -0.05) is 29.8 Å². The number of halogens is 1. The molecule has 0 aliphatic heterocycles. The predicted molar refractivity (Wildman–Crippen MR) is 91.4 cm³/mol. The number of amides is 1. The summed E-state index contributed by atoms with van der Waals surface area (Å²) in [7, 11) is 0. The van der Waals surface area contributed by atoms with Gasteiger partial charge < -0.3 is 10.4 Å². The summed E-state index contributed by atoms with van der Waals surface area (Å²) in [5, 5.41) is 13.3. The lowest BCUT2D eigenvalue weighted by Gasteiger charge is -2.13. The standard InChI is InChI=1S/C17H20ClNO2S/c1-12-9-10-13(22-12)5-4-8-17(21)19-11-16(20)14-6-2-3-7-15(14)18/h2-3,6-7,9-10,16,20H,4-5,8,11H2,1H3,(H,19,21). The first kappa shape index (κ1) is 17.0. The zero-order valence-corrected chi connectivity index (χ0v) is 14.1. The third-order valence-electron chi connectivity index (χ3n) is 3.38. The van der Waals surface area contributed by atoms with Crippen LogP contribution in [0.25, 0.3) is 0 Å². The normalized spacial score (nSPS) is 12.1. The largest absolute Gasteiger partial charge is 0.387 e. The Morgan fingerprint density at radius 2 is 2.09 bits per heavy atom. The van der Waals surface area contributed by atoms with Crippen molar-refractivity contribution in [2.24, 2.45) is 0 Å². The smallest absolute Gasteiger partial charge is 0.220 e. The molecule has 0 spiro atoms. The fraction of sp³-hybridized carbons (Fsp3) is 0.353. The number of benzene rings is 1. The number of carbonyl (C=O) groups excluding carboxylic acids is 1. The Bertz CT molecular complexity index is 627. The molecule has 118 valence electrons. The second-order valence-corrected chi connectivity index (χ2v) is 6.99. The number of carbonyl (C=O) groups is 1. The van der Waals surface area contributed by atoms with E-state index in [1.807, 2.05) is 12.1 Å². The van der Waals surface area contributed by atoms with Gasteiger partial charge in [0.25, 0.3) is 0 Å². The average Bonchev–Trinajstić information content (AvgIpc) is 2.91. The van der Waals surface area contributed by atoms with Gasteiger partial charge in [-0.15, -0.1) is 11.3 Å². The summed E-state index contributed by atoms with van der Waals surface area (Å²) >= 11 is 7.79. The predicted octanol–water partition coefficient (Wildman–Crippen LogP) is 3.88. The van der Waals surface area contributed by atoms with Gasteiger partial charge in [0, 0.05) is 33.3 Å². The van der Waals surface area contributed by atoms with E-state index in [-0.39, 0.29) is 12.5 Å². The first-order valence-corrected chi connectivity index (χ1v) is 8.50. The summed E-state index contributed by atoms with van der Waals surface area (Å²) < 4.78 is 0. The van der Waals surface area contributed by atoms with Gasteiger partial charge >= 0.3 is 0 Å². The van der Waals surface area contributed by atoms with E-state index in [4.69, 9.17) is 11.6 Å². The molecule has 2 N–H and O–H groups in total. The van der Waals surface area contributed by atoms with Crippen molar-refractivity contribution in [3.63, 3.8) is 0 Å². The number of aliphatic hydroxyl groups excluding tert-OH is 1. The van der Waals surface area contributed by atoms with Crippen molar-refractivity contribution in [1.29, 1.82) is 0 Å². The maximum absolute atomic E-state index is 11.8. The summed E-state index contributed by atoms with van der Waals surface area (Å²) in [4.78, 5) is 14.4. The van der Waals surface area contributed by atoms with Crippen LogP contribution >= 0.6 is 22.9 Å². The van der Waals surface area contributed by atoms with E-state index in [2.05, 4.69) is 24.4 Å². The van der Waals surface area contributed by atoms with Crippen LogP contribution in [0.15, 0.2) is 36.4 Å². The Morgan fingerprint density at radius 1 is 1.32 bits per heavy atom. The molecule has 1 aromatic heterocycles. The van der Waals surface area contributed by atoms with Crippen molar-refractivity contribution in [2.75, 3.05) is 6.54 Å². The molecule has 1 unspecified atom stereocenters. The molecule has 22 heavy (non-hydrogen) atoms. The molecule has 2 rings (SSSR count). The SMILES string of the molecule is Cc1ccc(CCCC(=O)NCC(O)c2ccccc2Cl)s1. The second kappa shape index (κ2) is 8.32. The van der Waals surface area contributed by atoms with Crippen LogP contribution in [0.5, 0.6) is 0 Å². The number of thiophene rings is 1. The molecule has 0 aliphatic rings. The van der Waals surface area contributed by atoms with Crippen LogP contribution in [0.2, 0.25) is 5.02 Å². The van der Waals surface area contributed by atoms with Crippen molar-refractivity contribution in [3.8, 4) is 0 Å². The summed E-state index contributed by atoms with van der Waals surface area (Å²) in [5.74, 6) is -0.0422. The highest BCUT2D eigenvalue weighted by molar-refractivity contribution is 7.11. The summed E-state index contributed by atoms with van der Waals surface area (Å²) in [6.07, 6.45) is 1.41. The third kappa shape index (κ3) is 5.13. The van der Waals surface area contributed by atoms with Gasteiger partial charge in [-0.25, -0.2) is 0 Å². The number of aryl methyl sites for hydroxylation is 2. The van der Waals surface area contributed by atoms with E-state index in [0.717, 1.165) is 12.8 Å². The average molecular weight is 338 g/mol. The van der Waals surface area contributed by atoms with Gasteiger partial charge in [0.1, 0.15) is 0 Å². The molecule has 1 heterocycles. The minimum Gasteiger partial charge on any atom is -0.387 e. The molecule has 2 aromatic rings. The Labute approximate surface area is 139 Å². The van der Waals surface area contributed by atoms with Crippen LogP contribution in [-0.4, -0.2) is 17.6 Å². The van der Waals surface area contributed by atoms with Gasteiger partial charge in [-0.2, -0.15) is 0 Å². The maximum atomic E-state index is 11.8. The highest BCUT2D eigenvalue weighted by atomic mass is 35.5. The van der Waals surface area contributed by atoms with Crippen molar-refractivity contribution >= 4 is 28.8 Å². The van der Waals surface area contributed by atoms with Crippen LogP contribution in [0.3, 0.4) is 0 Å². The molecule has 0 bridgehead atoms. The van der Waals surface area contributed by atoms with Crippen molar-refractivity contribution in [2.45, 2.75) is 32.3 Å². The molecule has 0 saturated carbocycles. The Hall–Kier alpha value is -1.36. The lowest BCUT2D eigenvalue weighted by molar-refractivity contribution is -0.121. The van der Waals surface area contributed by atoms with Gasteiger partial charge in [0.05, 0.1) is 6.10 Å². The highest BCUT2D eigenvalue weighted by Gasteiger charge is 2.12. The third-order valence-corrected chi connectivity index (χ3v) is 4.78. The van der Waals surface area contributed by atoms with E-state index in [9.17, 15) is 9.90 Å². The van der Waals surface area contributed by atoms with E-state index in [0.29, 0.717) is 17.0 Å².